The predicted molar refractivity (Wildman–Crippen MR) is 105 cm³/mol. The van der Waals surface area contributed by atoms with Crippen molar-refractivity contribution < 1.29 is 4.79 Å². The first kappa shape index (κ1) is 17.2. The van der Waals surface area contributed by atoms with Gasteiger partial charge in [0.1, 0.15) is 0 Å². The Morgan fingerprint density at radius 2 is 2.00 bits per heavy atom. The largest absolute Gasteiger partial charge is 0.329 e. The lowest BCUT2D eigenvalue weighted by Crippen LogP contribution is -2.14. The van der Waals surface area contributed by atoms with Gasteiger partial charge in [0.2, 0.25) is 5.91 Å². The van der Waals surface area contributed by atoms with E-state index in [-0.39, 0.29) is 17.7 Å². The van der Waals surface area contributed by atoms with Crippen LogP contribution in [0.5, 0.6) is 0 Å². The third kappa shape index (κ3) is 3.64. The maximum absolute atomic E-state index is 12.5. The molecule has 1 saturated carbocycles. The molecule has 2 atom stereocenters. The van der Waals surface area contributed by atoms with Crippen LogP contribution < -0.4 is 5.32 Å². The van der Waals surface area contributed by atoms with Crippen LogP contribution in [0.25, 0.3) is 0 Å². The van der Waals surface area contributed by atoms with E-state index in [2.05, 4.69) is 10.3 Å². The number of anilines is 1. The molecule has 1 aliphatic rings. The van der Waals surface area contributed by atoms with E-state index in [0.29, 0.717) is 0 Å². The number of carbonyl (C=O) groups is 1. The number of hydrogen-bond donors (Lipinski definition) is 1. The second kappa shape index (κ2) is 7.17. The molecule has 6 heteroatoms. The predicted octanol–water partition coefficient (Wildman–Crippen LogP) is 4.97. The lowest BCUT2D eigenvalue weighted by atomic mass is 10.1. The highest BCUT2D eigenvalue weighted by atomic mass is 35.5. The van der Waals surface area contributed by atoms with Crippen molar-refractivity contribution in [1.82, 2.24) is 9.55 Å². The average molecular weight is 384 g/mol. The highest BCUT2D eigenvalue weighted by Crippen LogP contribution is 2.50. The summed E-state index contributed by atoms with van der Waals surface area (Å²) >= 11 is 7.83. The van der Waals surface area contributed by atoms with Gasteiger partial charge in [-0.2, -0.15) is 0 Å². The molecular weight excluding hydrogens is 366 g/mol. The number of nitrogens with one attached hydrogen (secondary N) is 1. The van der Waals surface area contributed by atoms with E-state index < -0.39 is 0 Å². The number of nitrogens with zero attached hydrogens (tertiary/aromatic N) is 2. The molecule has 1 N–H and O–H groups in total. The number of aromatic nitrogens is 2. The molecule has 26 heavy (non-hydrogen) atoms. The standard InChI is InChI=1S/C20H18ClN3OS/c1-24-11-10-22-20(24)26-14-8-6-13(7-9-14)23-19(25)17-12-16(17)15-4-2-3-5-18(15)21/h2-11,16-17H,12H2,1H3,(H,23,25). The van der Waals surface area contributed by atoms with Crippen molar-refractivity contribution in [3.05, 3.63) is 71.5 Å². The number of aryl methyl sites for hydroxylation is 1. The highest BCUT2D eigenvalue weighted by molar-refractivity contribution is 7.99. The van der Waals surface area contributed by atoms with Crippen molar-refractivity contribution >= 4 is 35.0 Å². The highest BCUT2D eigenvalue weighted by Gasteiger charge is 2.44. The first-order chi connectivity index (χ1) is 12.6. The van der Waals surface area contributed by atoms with Crippen molar-refractivity contribution in [2.45, 2.75) is 22.4 Å². The van der Waals surface area contributed by atoms with Crippen LogP contribution in [-0.2, 0) is 11.8 Å². The van der Waals surface area contributed by atoms with Crippen LogP contribution in [0.1, 0.15) is 17.9 Å². The molecule has 0 aliphatic heterocycles. The normalized spacial score (nSPS) is 18.5. The summed E-state index contributed by atoms with van der Waals surface area (Å²) in [5.74, 6) is 0.276. The summed E-state index contributed by atoms with van der Waals surface area (Å²) in [5.41, 5.74) is 1.88. The summed E-state index contributed by atoms with van der Waals surface area (Å²) in [6.07, 6.45) is 4.55. The third-order valence-electron chi connectivity index (χ3n) is 4.54. The van der Waals surface area contributed by atoms with E-state index in [9.17, 15) is 4.79 Å². The Hall–Kier alpha value is -2.24. The average Bonchev–Trinajstić information content (AvgIpc) is 3.34. The van der Waals surface area contributed by atoms with E-state index in [4.69, 9.17) is 11.6 Å². The fourth-order valence-electron chi connectivity index (χ4n) is 3.00. The van der Waals surface area contributed by atoms with Gasteiger partial charge in [0.15, 0.2) is 5.16 Å². The fourth-order valence-corrected chi connectivity index (χ4v) is 4.08. The van der Waals surface area contributed by atoms with Crippen LogP contribution in [0.3, 0.4) is 0 Å². The Balaban J connectivity index is 1.37. The number of imidazole rings is 1. The van der Waals surface area contributed by atoms with E-state index in [1.54, 1.807) is 18.0 Å². The summed E-state index contributed by atoms with van der Waals surface area (Å²) in [6, 6.07) is 15.6. The number of carbonyl (C=O) groups excluding carboxylic acids is 1. The molecule has 2 unspecified atom stereocenters. The number of rotatable bonds is 5. The van der Waals surface area contributed by atoms with Gasteiger partial charge in [-0.05, 0) is 48.2 Å². The smallest absolute Gasteiger partial charge is 0.228 e. The molecule has 1 amide bonds. The van der Waals surface area contributed by atoms with E-state index in [0.717, 1.165) is 32.7 Å². The summed E-state index contributed by atoms with van der Waals surface area (Å²) in [7, 11) is 1.97. The number of amides is 1. The Labute approximate surface area is 161 Å². The monoisotopic (exact) mass is 383 g/mol. The molecule has 1 aliphatic carbocycles. The lowest BCUT2D eigenvalue weighted by Gasteiger charge is -2.07. The van der Waals surface area contributed by atoms with Gasteiger partial charge in [0, 0.05) is 41.0 Å². The van der Waals surface area contributed by atoms with E-state index in [1.165, 1.54) is 0 Å². The van der Waals surface area contributed by atoms with Gasteiger partial charge in [-0.15, -0.1) is 0 Å². The quantitative estimate of drug-likeness (QED) is 0.676. The molecule has 0 radical (unpaired) electrons. The number of halogens is 1. The minimum absolute atomic E-state index is 0.00322. The number of benzene rings is 2. The fraction of sp³-hybridized carbons (Fsp3) is 0.200. The molecule has 2 aromatic carbocycles. The molecule has 1 heterocycles. The van der Waals surface area contributed by atoms with Crippen molar-refractivity contribution in [2.24, 2.45) is 13.0 Å². The second-order valence-electron chi connectivity index (χ2n) is 6.41. The third-order valence-corrected chi connectivity index (χ3v) is 5.97. The SMILES string of the molecule is Cn1ccnc1Sc1ccc(NC(=O)C2CC2c2ccccc2Cl)cc1. The van der Waals surface area contributed by atoms with Gasteiger partial charge in [-0.1, -0.05) is 41.6 Å². The van der Waals surface area contributed by atoms with Crippen LogP contribution in [-0.4, -0.2) is 15.5 Å². The van der Waals surface area contributed by atoms with Gasteiger partial charge in [-0.25, -0.2) is 4.98 Å². The first-order valence-corrected chi connectivity index (χ1v) is 9.62. The molecule has 4 nitrogen and oxygen atoms in total. The summed E-state index contributed by atoms with van der Waals surface area (Å²) in [5, 5.41) is 4.68. The van der Waals surface area contributed by atoms with Crippen LogP contribution in [0.2, 0.25) is 5.02 Å². The Bertz CT molecular complexity index is 938. The molecule has 1 fully saturated rings. The van der Waals surface area contributed by atoms with Gasteiger partial charge in [0.05, 0.1) is 0 Å². The Kier molecular flexibility index (Phi) is 4.74. The van der Waals surface area contributed by atoms with Gasteiger partial charge in [-0.3, -0.25) is 4.79 Å². The zero-order valence-electron chi connectivity index (χ0n) is 14.2. The Morgan fingerprint density at radius 3 is 2.69 bits per heavy atom. The number of hydrogen-bond acceptors (Lipinski definition) is 3. The molecular formula is C20H18ClN3OS. The summed E-state index contributed by atoms with van der Waals surface area (Å²) in [4.78, 5) is 17.9. The maximum atomic E-state index is 12.5. The minimum atomic E-state index is -0.00322. The van der Waals surface area contributed by atoms with E-state index in [1.807, 2.05) is 66.3 Å². The van der Waals surface area contributed by atoms with E-state index >= 15 is 0 Å². The van der Waals surface area contributed by atoms with Crippen LogP contribution in [0, 0.1) is 5.92 Å². The van der Waals surface area contributed by atoms with Crippen molar-refractivity contribution in [3.8, 4) is 0 Å². The molecule has 0 bridgehead atoms. The second-order valence-corrected chi connectivity index (χ2v) is 7.85. The van der Waals surface area contributed by atoms with Crippen LogP contribution in [0.15, 0.2) is 71.0 Å². The van der Waals surface area contributed by atoms with Crippen molar-refractivity contribution in [3.63, 3.8) is 0 Å². The molecule has 0 saturated heterocycles. The van der Waals surface area contributed by atoms with Gasteiger partial charge >= 0.3 is 0 Å². The minimum Gasteiger partial charge on any atom is -0.329 e. The molecule has 132 valence electrons. The Morgan fingerprint density at radius 1 is 1.23 bits per heavy atom. The molecule has 4 rings (SSSR count). The van der Waals surface area contributed by atoms with Crippen molar-refractivity contribution in [1.29, 1.82) is 0 Å². The summed E-state index contributed by atoms with van der Waals surface area (Å²) < 4.78 is 1.97. The molecule has 3 aromatic rings. The zero-order valence-corrected chi connectivity index (χ0v) is 15.8. The van der Waals surface area contributed by atoms with Gasteiger partial charge in [0.25, 0.3) is 0 Å². The molecule has 1 aromatic heterocycles. The molecule has 0 spiro atoms. The van der Waals surface area contributed by atoms with Gasteiger partial charge < -0.3 is 9.88 Å². The zero-order chi connectivity index (χ0) is 18.1. The topological polar surface area (TPSA) is 46.9 Å². The van der Waals surface area contributed by atoms with Crippen LogP contribution in [0.4, 0.5) is 5.69 Å². The van der Waals surface area contributed by atoms with Crippen LogP contribution >= 0.6 is 23.4 Å². The summed E-state index contributed by atoms with van der Waals surface area (Å²) in [6.45, 7) is 0. The van der Waals surface area contributed by atoms with Crippen molar-refractivity contribution in [2.75, 3.05) is 5.32 Å². The maximum Gasteiger partial charge on any atom is 0.228 e. The lowest BCUT2D eigenvalue weighted by molar-refractivity contribution is -0.117. The first-order valence-electron chi connectivity index (χ1n) is 8.42.